The molecule has 2 aliphatic heterocycles. The largest absolute Gasteiger partial charge is 0.325 e. The highest BCUT2D eigenvalue weighted by molar-refractivity contribution is 6.06. The summed E-state index contributed by atoms with van der Waals surface area (Å²) in [7, 11) is 0. The second-order valence-corrected chi connectivity index (χ2v) is 9.36. The number of carbonyl (C=O) groups excluding carboxylic acids is 1. The van der Waals surface area contributed by atoms with E-state index >= 15 is 0 Å². The lowest BCUT2D eigenvalue weighted by Crippen LogP contribution is -2.44. The molecule has 0 bridgehead atoms. The summed E-state index contributed by atoms with van der Waals surface area (Å²) in [5, 5.41) is 21.2. The third kappa shape index (κ3) is 3.21. The minimum absolute atomic E-state index is 0.112. The van der Waals surface area contributed by atoms with Crippen molar-refractivity contribution in [1.29, 1.82) is 0 Å². The molecule has 2 N–H and O–H groups in total. The first-order valence-corrected chi connectivity index (χ1v) is 11.9. The summed E-state index contributed by atoms with van der Waals surface area (Å²) in [5.41, 5.74) is 6.16. The van der Waals surface area contributed by atoms with E-state index in [1.165, 1.54) is 0 Å². The molecule has 7 rings (SSSR count). The molecule has 172 valence electrons. The SMILES string of the molecule is O=C1Nc2ccc(-c3ccc4nnc(Cc5ccc6ncccc6c5)n4n3)cc2C12CCNCC2. The number of nitrogens with zero attached hydrogens (tertiary/aromatic N) is 5. The zero-order valence-corrected chi connectivity index (χ0v) is 19.0. The Hall–Kier alpha value is -4.17. The molecule has 1 amide bonds. The molecule has 0 saturated carbocycles. The number of hydrogen-bond acceptors (Lipinski definition) is 6. The van der Waals surface area contributed by atoms with Gasteiger partial charge in [0, 0.05) is 29.3 Å². The minimum atomic E-state index is -0.451. The van der Waals surface area contributed by atoms with Crippen molar-refractivity contribution in [3.05, 3.63) is 83.8 Å². The van der Waals surface area contributed by atoms with E-state index in [1.54, 1.807) is 6.20 Å². The Balaban J connectivity index is 1.26. The van der Waals surface area contributed by atoms with Crippen LogP contribution in [-0.4, -0.2) is 43.8 Å². The first-order valence-electron chi connectivity index (χ1n) is 11.9. The number of fused-ring (bicyclic) bond motifs is 4. The monoisotopic (exact) mass is 461 g/mol. The van der Waals surface area contributed by atoms with Gasteiger partial charge in [0.05, 0.1) is 16.6 Å². The van der Waals surface area contributed by atoms with Gasteiger partial charge in [0.2, 0.25) is 5.91 Å². The van der Waals surface area contributed by atoms with Crippen LogP contribution in [0, 0.1) is 0 Å². The van der Waals surface area contributed by atoms with Crippen molar-refractivity contribution in [3.63, 3.8) is 0 Å². The topological polar surface area (TPSA) is 97.1 Å². The highest BCUT2D eigenvalue weighted by Gasteiger charge is 2.47. The molecule has 2 aromatic carbocycles. The van der Waals surface area contributed by atoms with Crippen molar-refractivity contribution >= 4 is 28.1 Å². The van der Waals surface area contributed by atoms with Gasteiger partial charge in [-0.2, -0.15) is 9.61 Å². The van der Waals surface area contributed by atoms with Crippen molar-refractivity contribution in [2.24, 2.45) is 0 Å². The number of amides is 1. The van der Waals surface area contributed by atoms with Gasteiger partial charge in [-0.3, -0.25) is 9.78 Å². The Bertz CT molecular complexity index is 1620. The predicted octanol–water partition coefficient (Wildman–Crippen LogP) is 3.50. The van der Waals surface area contributed by atoms with Crippen LogP contribution in [0.5, 0.6) is 0 Å². The van der Waals surface area contributed by atoms with Crippen molar-refractivity contribution in [1.82, 2.24) is 30.1 Å². The fourth-order valence-corrected chi connectivity index (χ4v) is 5.44. The summed E-state index contributed by atoms with van der Waals surface area (Å²) in [6, 6.07) is 20.3. The lowest BCUT2D eigenvalue weighted by atomic mass is 9.74. The molecular formula is C27H23N7O. The number of carbonyl (C=O) groups is 1. The number of benzene rings is 2. The number of pyridine rings is 1. The maximum atomic E-state index is 12.9. The van der Waals surface area contributed by atoms with E-state index in [2.05, 4.69) is 50.1 Å². The number of rotatable bonds is 3. The Labute approximate surface area is 201 Å². The van der Waals surface area contributed by atoms with Crippen LogP contribution in [0.3, 0.4) is 0 Å². The maximum absolute atomic E-state index is 12.9. The summed E-state index contributed by atoms with van der Waals surface area (Å²) in [5.74, 6) is 0.888. The van der Waals surface area contributed by atoms with Crippen molar-refractivity contribution in [2.75, 3.05) is 18.4 Å². The average molecular weight is 462 g/mol. The van der Waals surface area contributed by atoms with Crippen molar-refractivity contribution in [3.8, 4) is 11.3 Å². The molecule has 3 aromatic heterocycles. The van der Waals surface area contributed by atoms with Gasteiger partial charge in [0.15, 0.2) is 11.5 Å². The molecule has 8 heteroatoms. The summed E-state index contributed by atoms with van der Waals surface area (Å²) in [6.45, 7) is 1.69. The highest BCUT2D eigenvalue weighted by atomic mass is 16.2. The summed E-state index contributed by atoms with van der Waals surface area (Å²) in [4.78, 5) is 17.3. The summed E-state index contributed by atoms with van der Waals surface area (Å²) in [6.07, 6.45) is 4.02. The number of hydrogen-bond donors (Lipinski definition) is 2. The van der Waals surface area contributed by atoms with E-state index in [4.69, 9.17) is 5.10 Å². The summed E-state index contributed by atoms with van der Waals surface area (Å²) >= 11 is 0. The quantitative estimate of drug-likeness (QED) is 0.427. The summed E-state index contributed by atoms with van der Waals surface area (Å²) < 4.78 is 1.82. The van der Waals surface area contributed by atoms with E-state index in [0.29, 0.717) is 12.1 Å². The van der Waals surface area contributed by atoms with Crippen LogP contribution >= 0.6 is 0 Å². The molecule has 0 unspecified atom stereocenters. The third-order valence-corrected chi connectivity index (χ3v) is 7.33. The maximum Gasteiger partial charge on any atom is 0.235 e. The van der Waals surface area contributed by atoms with Gasteiger partial charge in [0.1, 0.15) is 0 Å². The van der Waals surface area contributed by atoms with Crippen LogP contribution < -0.4 is 10.6 Å². The van der Waals surface area contributed by atoms with E-state index in [0.717, 1.165) is 70.7 Å². The van der Waals surface area contributed by atoms with E-state index in [1.807, 2.05) is 40.9 Å². The first-order chi connectivity index (χ1) is 17.2. The Morgan fingerprint density at radius 2 is 1.89 bits per heavy atom. The Kier molecular flexibility index (Phi) is 4.44. The van der Waals surface area contributed by atoms with Crippen molar-refractivity contribution in [2.45, 2.75) is 24.7 Å². The van der Waals surface area contributed by atoms with Gasteiger partial charge in [-0.15, -0.1) is 10.2 Å². The third-order valence-electron chi connectivity index (χ3n) is 7.33. The van der Waals surface area contributed by atoms with Crippen LogP contribution in [0.2, 0.25) is 0 Å². The average Bonchev–Trinajstić information content (AvgIpc) is 3.42. The fourth-order valence-electron chi connectivity index (χ4n) is 5.44. The molecule has 1 saturated heterocycles. The van der Waals surface area contributed by atoms with Crippen LogP contribution in [-0.2, 0) is 16.6 Å². The van der Waals surface area contributed by atoms with Crippen LogP contribution in [0.4, 0.5) is 5.69 Å². The molecule has 5 heterocycles. The van der Waals surface area contributed by atoms with Gasteiger partial charge >= 0.3 is 0 Å². The standard InChI is InChI=1S/C27H23N7O/c35-26-27(9-12-28-13-10-27)20-16-19(4-6-23(20)30-26)22-7-8-24-31-32-25(34(24)33-22)15-17-3-5-21-18(14-17)2-1-11-29-21/h1-8,11,14,16,28H,9-10,12-13,15H2,(H,30,35). The molecule has 1 fully saturated rings. The second-order valence-electron chi connectivity index (χ2n) is 9.36. The number of nitrogens with one attached hydrogen (secondary N) is 2. The van der Waals surface area contributed by atoms with Gasteiger partial charge < -0.3 is 10.6 Å². The lowest BCUT2D eigenvalue weighted by molar-refractivity contribution is -0.121. The predicted molar refractivity (Wildman–Crippen MR) is 133 cm³/mol. The smallest absolute Gasteiger partial charge is 0.235 e. The Morgan fingerprint density at radius 1 is 0.971 bits per heavy atom. The fraction of sp³-hybridized carbons (Fsp3) is 0.222. The molecule has 2 aliphatic rings. The minimum Gasteiger partial charge on any atom is -0.325 e. The van der Waals surface area contributed by atoms with Crippen LogP contribution in [0.1, 0.15) is 29.8 Å². The molecular weight excluding hydrogens is 438 g/mol. The number of aromatic nitrogens is 5. The van der Waals surface area contributed by atoms with E-state index < -0.39 is 5.41 Å². The molecule has 1 spiro atoms. The Morgan fingerprint density at radius 3 is 2.80 bits per heavy atom. The number of piperidine rings is 1. The first kappa shape index (κ1) is 20.2. The molecule has 35 heavy (non-hydrogen) atoms. The van der Waals surface area contributed by atoms with Crippen LogP contribution in [0.25, 0.3) is 27.8 Å². The molecule has 0 radical (unpaired) electrons. The van der Waals surface area contributed by atoms with Gasteiger partial charge in [-0.1, -0.05) is 18.2 Å². The zero-order chi connectivity index (χ0) is 23.4. The lowest BCUT2D eigenvalue weighted by Gasteiger charge is -2.32. The normalized spacial score (nSPS) is 16.6. The van der Waals surface area contributed by atoms with Crippen molar-refractivity contribution < 1.29 is 4.79 Å². The highest BCUT2D eigenvalue weighted by Crippen LogP contribution is 2.45. The van der Waals surface area contributed by atoms with Gasteiger partial charge in [0.25, 0.3) is 0 Å². The number of anilines is 1. The van der Waals surface area contributed by atoms with E-state index in [9.17, 15) is 4.79 Å². The molecule has 8 nitrogen and oxygen atoms in total. The van der Waals surface area contributed by atoms with Gasteiger partial charge in [-0.25, -0.2) is 0 Å². The van der Waals surface area contributed by atoms with Gasteiger partial charge in [-0.05, 0) is 79.5 Å². The second kappa shape index (κ2) is 7.68. The molecule has 0 aliphatic carbocycles. The van der Waals surface area contributed by atoms with Crippen LogP contribution in [0.15, 0.2) is 66.9 Å². The molecule has 5 aromatic rings. The zero-order valence-electron chi connectivity index (χ0n) is 19.0. The molecule has 0 atom stereocenters. The van der Waals surface area contributed by atoms with E-state index in [-0.39, 0.29) is 5.91 Å².